The third kappa shape index (κ3) is 11.2. The number of esters is 2. The van der Waals surface area contributed by atoms with Gasteiger partial charge in [0.1, 0.15) is 11.5 Å². The van der Waals surface area contributed by atoms with Crippen LogP contribution in [0.2, 0.25) is 0 Å². The molecule has 0 aliphatic rings. The molecule has 0 atom stereocenters. The summed E-state index contributed by atoms with van der Waals surface area (Å²) in [6, 6.07) is 9.17. The van der Waals surface area contributed by atoms with Gasteiger partial charge in [0.25, 0.3) is 0 Å². The molecule has 4 nitrogen and oxygen atoms in total. The largest absolute Gasteiger partial charge is 0.460 e. The number of carbonyl (C=O) groups is 2. The van der Waals surface area contributed by atoms with E-state index in [2.05, 4.69) is 0 Å². The summed E-state index contributed by atoms with van der Waals surface area (Å²) in [4.78, 5) is 24.3. The number of ether oxygens (including phenoxy) is 2. The van der Waals surface area contributed by atoms with Crippen molar-refractivity contribution in [1.82, 2.24) is 0 Å². The highest BCUT2D eigenvalue weighted by Crippen LogP contribution is 2.55. The summed E-state index contributed by atoms with van der Waals surface area (Å²) >= 11 is 0.826. The summed E-state index contributed by atoms with van der Waals surface area (Å²) in [6.45, 7) is 0. The summed E-state index contributed by atoms with van der Waals surface area (Å²) < 4.78 is 243. The van der Waals surface area contributed by atoms with E-state index in [0.717, 1.165) is 48.5 Å². The van der Waals surface area contributed by atoms with E-state index in [9.17, 15) is 88.6 Å². The summed E-state index contributed by atoms with van der Waals surface area (Å²) in [5, 5.41) is 0. The Morgan fingerprint density at radius 1 is 0.444 bits per heavy atom. The third-order valence-electron chi connectivity index (χ3n) is 6.91. The van der Waals surface area contributed by atoms with Crippen LogP contribution in [0, 0.1) is 0 Å². The van der Waals surface area contributed by atoms with Crippen LogP contribution in [0.5, 0.6) is 11.5 Å². The summed E-state index contributed by atoms with van der Waals surface area (Å²) in [5.74, 6) is -42.6. The number of rotatable bonds is 19. The topological polar surface area (TPSA) is 52.6 Å². The standard InChI is InChI=1S/C30H24F18O4S2/c31-23(32,25(35,36)27(39,40)29(43,44)45)13-15-53-19-9-5-17(6-10-19)51-21(49)3-1-2-4-22(50)52-18-7-11-20(12-8-18)54-16-14-24(33,34)26(37,38)28(41,42)30(46,47)48/h5-12H,1-4,13-16H2. The second kappa shape index (κ2) is 17.3. The molecule has 0 radical (unpaired) electrons. The normalized spacial score (nSPS) is 13.9. The average molecular weight is 855 g/mol. The number of carbonyl (C=O) groups excluding carboxylic acids is 2. The summed E-state index contributed by atoms with van der Waals surface area (Å²) in [6.07, 6.45) is -18.2. The van der Waals surface area contributed by atoms with Gasteiger partial charge in [-0.1, -0.05) is 0 Å². The summed E-state index contributed by atoms with van der Waals surface area (Å²) in [5.41, 5.74) is 0. The van der Waals surface area contributed by atoms with Crippen molar-refractivity contribution >= 4 is 35.5 Å². The lowest BCUT2D eigenvalue weighted by molar-refractivity contribution is -0.396. The molecule has 0 unspecified atom stereocenters. The van der Waals surface area contributed by atoms with Crippen LogP contribution in [0.1, 0.15) is 38.5 Å². The smallest absolute Gasteiger partial charge is 0.427 e. The number of halogens is 18. The predicted octanol–water partition coefficient (Wildman–Crippen LogP) is 11.7. The molecule has 2 aromatic rings. The van der Waals surface area contributed by atoms with Crippen molar-refractivity contribution in [1.29, 1.82) is 0 Å². The van der Waals surface area contributed by atoms with Gasteiger partial charge in [0.2, 0.25) is 0 Å². The maximum absolute atomic E-state index is 13.7. The molecule has 0 fully saturated rings. The van der Waals surface area contributed by atoms with Gasteiger partial charge >= 0.3 is 59.8 Å². The molecule has 0 aliphatic heterocycles. The van der Waals surface area contributed by atoms with Crippen LogP contribution >= 0.6 is 23.5 Å². The molecule has 0 aromatic heterocycles. The van der Waals surface area contributed by atoms with E-state index >= 15 is 0 Å². The third-order valence-corrected chi connectivity index (χ3v) is 8.94. The highest BCUT2D eigenvalue weighted by Gasteiger charge is 2.82. The van der Waals surface area contributed by atoms with E-state index in [4.69, 9.17) is 9.47 Å². The molecule has 54 heavy (non-hydrogen) atoms. The molecule has 0 heterocycles. The zero-order valence-corrected chi connectivity index (χ0v) is 28.2. The number of unbranched alkanes of at least 4 members (excludes halogenated alkanes) is 1. The molecular weight excluding hydrogens is 830 g/mol. The molecular formula is C30H24F18O4S2. The molecule has 2 rings (SSSR count). The van der Waals surface area contributed by atoms with Gasteiger partial charge < -0.3 is 9.47 Å². The minimum atomic E-state index is -6.99. The summed E-state index contributed by atoms with van der Waals surface area (Å²) in [7, 11) is 0. The molecule has 0 bridgehead atoms. The maximum atomic E-state index is 13.7. The number of benzene rings is 2. The Bertz CT molecular complexity index is 1430. The lowest BCUT2D eigenvalue weighted by atomic mass is 10.0. The molecule has 0 N–H and O–H groups in total. The molecule has 0 spiro atoms. The van der Waals surface area contributed by atoms with Crippen LogP contribution < -0.4 is 9.47 Å². The quantitative estimate of drug-likeness (QED) is 0.0461. The van der Waals surface area contributed by atoms with Crippen LogP contribution in [0.25, 0.3) is 0 Å². The van der Waals surface area contributed by atoms with E-state index in [1.54, 1.807) is 0 Å². The van der Waals surface area contributed by atoms with Gasteiger partial charge in [0, 0.05) is 47.0 Å². The molecule has 0 aliphatic carbocycles. The Labute approximate surface area is 301 Å². The lowest BCUT2D eigenvalue weighted by Gasteiger charge is -2.33. The van der Waals surface area contributed by atoms with E-state index in [1.807, 2.05) is 0 Å². The fourth-order valence-corrected chi connectivity index (χ4v) is 5.68. The van der Waals surface area contributed by atoms with E-state index in [0.29, 0.717) is 23.5 Å². The Balaban J connectivity index is 1.73. The number of alkyl halides is 18. The molecule has 24 heteroatoms. The number of hydrogen-bond acceptors (Lipinski definition) is 6. The van der Waals surface area contributed by atoms with Gasteiger partial charge in [0.05, 0.1) is 0 Å². The van der Waals surface area contributed by atoms with Gasteiger partial charge in [-0.3, -0.25) is 9.59 Å². The van der Waals surface area contributed by atoms with Crippen LogP contribution in [0.3, 0.4) is 0 Å². The Morgan fingerprint density at radius 2 is 0.722 bits per heavy atom. The molecule has 0 amide bonds. The zero-order valence-electron chi connectivity index (χ0n) is 26.5. The first-order valence-corrected chi connectivity index (χ1v) is 16.6. The number of thioether (sulfide) groups is 2. The SMILES string of the molecule is O=C(CCCCC(=O)Oc1ccc(SCCC(F)(F)C(F)(F)C(F)(F)C(F)(F)F)cc1)Oc1ccc(SCCC(F)(F)C(F)(F)C(F)(F)C(F)(F)F)cc1. The maximum Gasteiger partial charge on any atom is 0.460 e. The first-order chi connectivity index (χ1) is 24.4. The van der Waals surface area contributed by atoms with Crippen molar-refractivity contribution in [2.45, 2.75) is 96.2 Å². The molecule has 0 saturated carbocycles. The highest BCUT2D eigenvalue weighted by molar-refractivity contribution is 7.99. The Kier molecular flexibility index (Phi) is 15.1. The Morgan fingerprint density at radius 3 is 0.981 bits per heavy atom. The van der Waals surface area contributed by atoms with Crippen LogP contribution in [0.4, 0.5) is 79.0 Å². The molecule has 2 aromatic carbocycles. The van der Waals surface area contributed by atoms with Gasteiger partial charge in [0.15, 0.2) is 0 Å². The van der Waals surface area contributed by atoms with Gasteiger partial charge in [-0.15, -0.1) is 23.5 Å². The first-order valence-electron chi connectivity index (χ1n) is 14.7. The van der Waals surface area contributed by atoms with Crippen molar-refractivity contribution < 1.29 is 98.1 Å². The van der Waals surface area contributed by atoms with Gasteiger partial charge in [-0.05, 0) is 61.4 Å². The minimum Gasteiger partial charge on any atom is -0.427 e. The number of hydrogen-bond donors (Lipinski definition) is 0. The zero-order chi connectivity index (χ0) is 41.6. The Hall–Kier alpha value is -3.18. The van der Waals surface area contributed by atoms with Crippen LogP contribution in [0.15, 0.2) is 58.3 Å². The van der Waals surface area contributed by atoms with Crippen molar-refractivity contribution in [3.8, 4) is 11.5 Å². The van der Waals surface area contributed by atoms with E-state index < -0.39 is 84.2 Å². The van der Waals surface area contributed by atoms with Crippen molar-refractivity contribution in [2.75, 3.05) is 11.5 Å². The predicted molar refractivity (Wildman–Crippen MR) is 155 cm³/mol. The first kappa shape index (κ1) is 47.0. The van der Waals surface area contributed by atoms with E-state index in [1.165, 1.54) is 0 Å². The highest BCUT2D eigenvalue weighted by atomic mass is 32.2. The molecule has 0 saturated heterocycles. The van der Waals surface area contributed by atoms with Gasteiger partial charge in [-0.2, -0.15) is 79.0 Å². The van der Waals surface area contributed by atoms with Crippen LogP contribution in [-0.2, 0) is 9.59 Å². The monoisotopic (exact) mass is 854 g/mol. The van der Waals surface area contributed by atoms with Crippen molar-refractivity contribution in [3.63, 3.8) is 0 Å². The molecule has 306 valence electrons. The average Bonchev–Trinajstić information content (AvgIpc) is 3.03. The minimum absolute atomic E-state index is 0.0772. The fourth-order valence-electron chi connectivity index (χ4n) is 3.83. The second-order valence-electron chi connectivity index (χ2n) is 11.0. The van der Waals surface area contributed by atoms with Crippen LogP contribution in [-0.4, -0.2) is 71.3 Å². The van der Waals surface area contributed by atoms with Crippen molar-refractivity contribution in [2.24, 2.45) is 0 Å². The fraction of sp³-hybridized carbons (Fsp3) is 0.533. The second-order valence-corrected chi connectivity index (χ2v) is 13.3. The lowest BCUT2D eigenvalue weighted by Crippen LogP contribution is -2.60. The van der Waals surface area contributed by atoms with E-state index in [-0.39, 0.29) is 47.0 Å². The van der Waals surface area contributed by atoms with Crippen molar-refractivity contribution in [3.05, 3.63) is 48.5 Å². The van der Waals surface area contributed by atoms with Gasteiger partial charge in [-0.25, -0.2) is 0 Å².